The Balaban J connectivity index is 1.32. The van der Waals surface area contributed by atoms with Gasteiger partial charge in [-0.05, 0) is 56.0 Å². The second-order valence-electron chi connectivity index (χ2n) is 9.71. The third-order valence-corrected chi connectivity index (χ3v) is 6.49. The first-order valence-corrected chi connectivity index (χ1v) is 14.0. The number of aromatic nitrogens is 2. The Bertz CT molecular complexity index is 1020. The van der Waals surface area contributed by atoms with Crippen LogP contribution >= 0.6 is 0 Å². The van der Waals surface area contributed by atoms with Gasteiger partial charge in [0.15, 0.2) is 0 Å². The lowest BCUT2D eigenvalue weighted by molar-refractivity contribution is 0.0321. The van der Waals surface area contributed by atoms with Crippen LogP contribution in [0.2, 0.25) is 0 Å². The van der Waals surface area contributed by atoms with Crippen molar-refractivity contribution in [3.63, 3.8) is 0 Å². The Hall–Kier alpha value is -3.21. The van der Waals surface area contributed by atoms with E-state index in [0.29, 0.717) is 5.56 Å². The second-order valence-corrected chi connectivity index (χ2v) is 9.71. The van der Waals surface area contributed by atoms with Crippen LogP contribution < -0.4 is 4.74 Å². The van der Waals surface area contributed by atoms with E-state index in [0.717, 1.165) is 55.0 Å². The largest absolute Gasteiger partial charge is 0.494 e. The van der Waals surface area contributed by atoms with Crippen LogP contribution in [0.3, 0.4) is 0 Å². The summed E-state index contributed by atoms with van der Waals surface area (Å²) in [5.41, 5.74) is 2.65. The zero-order valence-electron chi connectivity index (χ0n) is 22.5. The zero-order valence-corrected chi connectivity index (χ0v) is 22.5. The summed E-state index contributed by atoms with van der Waals surface area (Å²) in [6, 6.07) is 17.2. The summed E-state index contributed by atoms with van der Waals surface area (Å²) in [6.45, 7) is 4.96. The Labute approximate surface area is 222 Å². The number of nitrogens with zero attached hydrogens (tertiary/aromatic N) is 2. The number of benzene rings is 2. The van der Waals surface area contributed by atoms with Crippen molar-refractivity contribution in [1.82, 2.24) is 9.97 Å². The number of unbranched alkanes of at least 4 members (excludes halogenated alkanes) is 7. The molecule has 198 valence electrons. The van der Waals surface area contributed by atoms with E-state index in [9.17, 15) is 4.79 Å². The number of ether oxygens (including phenoxy) is 2. The van der Waals surface area contributed by atoms with Crippen LogP contribution in [0.25, 0.3) is 11.1 Å². The molecule has 0 aliphatic carbocycles. The highest BCUT2D eigenvalue weighted by atomic mass is 16.5. The number of hydrogen-bond donors (Lipinski definition) is 0. The average molecular weight is 503 g/mol. The number of rotatable bonds is 17. The van der Waals surface area contributed by atoms with E-state index >= 15 is 0 Å². The second kappa shape index (κ2) is 16.5. The zero-order chi connectivity index (χ0) is 26.1. The van der Waals surface area contributed by atoms with E-state index in [-0.39, 0.29) is 12.1 Å². The third kappa shape index (κ3) is 10.7. The number of hydrogen-bond acceptors (Lipinski definition) is 5. The van der Waals surface area contributed by atoms with Crippen LogP contribution in [0.5, 0.6) is 5.75 Å². The highest BCUT2D eigenvalue weighted by Crippen LogP contribution is 2.22. The lowest BCUT2D eigenvalue weighted by atomic mass is 10.1. The van der Waals surface area contributed by atoms with Gasteiger partial charge in [-0.2, -0.15) is 0 Å². The molecule has 5 heteroatoms. The Morgan fingerprint density at radius 2 is 1.43 bits per heavy atom. The molecule has 0 radical (unpaired) electrons. The molecular formula is C32H42N2O3. The van der Waals surface area contributed by atoms with Crippen molar-refractivity contribution in [2.24, 2.45) is 0 Å². The van der Waals surface area contributed by atoms with Crippen LogP contribution in [-0.4, -0.2) is 28.6 Å². The molecule has 0 fully saturated rings. The maximum atomic E-state index is 12.2. The molecule has 1 aromatic heterocycles. The van der Waals surface area contributed by atoms with Gasteiger partial charge in [0.1, 0.15) is 11.6 Å². The number of carbonyl (C=O) groups is 1. The fourth-order valence-electron chi connectivity index (χ4n) is 4.23. The van der Waals surface area contributed by atoms with Gasteiger partial charge in [0, 0.05) is 24.4 Å². The van der Waals surface area contributed by atoms with E-state index in [4.69, 9.17) is 9.47 Å². The van der Waals surface area contributed by atoms with Gasteiger partial charge in [-0.1, -0.05) is 82.2 Å². The first-order valence-electron chi connectivity index (χ1n) is 14.0. The molecule has 0 amide bonds. The molecule has 37 heavy (non-hydrogen) atoms. The molecule has 3 rings (SSSR count). The van der Waals surface area contributed by atoms with E-state index in [2.05, 4.69) is 29.0 Å². The molecule has 0 aliphatic rings. The van der Waals surface area contributed by atoms with Crippen molar-refractivity contribution in [2.75, 3.05) is 6.61 Å². The lowest BCUT2D eigenvalue weighted by Gasteiger charge is -2.13. The van der Waals surface area contributed by atoms with Gasteiger partial charge in [0.25, 0.3) is 0 Å². The van der Waals surface area contributed by atoms with Crippen LogP contribution in [0, 0.1) is 0 Å². The van der Waals surface area contributed by atoms with Gasteiger partial charge in [-0.25, -0.2) is 14.8 Å². The Morgan fingerprint density at radius 3 is 2.11 bits per heavy atom. The predicted octanol–water partition coefficient (Wildman–Crippen LogP) is 8.23. The van der Waals surface area contributed by atoms with Gasteiger partial charge in [-0.15, -0.1) is 0 Å². The summed E-state index contributed by atoms with van der Waals surface area (Å²) in [6.07, 6.45) is 16.4. The van der Waals surface area contributed by atoms with Crippen LogP contribution in [0.4, 0.5) is 0 Å². The molecule has 0 saturated heterocycles. The smallest absolute Gasteiger partial charge is 0.338 e. The molecular weight excluding hydrogens is 460 g/mol. The maximum Gasteiger partial charge on any atom is 0.338 e. The third-order valence-electron chi connectivity index (χ3n) is 6.49. The minimum atomic E-state index is -0.279. The molecule has 2 aromatic carbocycles. The fraction of sp³-hybridized carbons (Fsp3) is 0.469. The molecule has 1 atom stereocenters. The van der Waals surface area contributed by atoms with E-state index in [1.54, 1.807) is 12.1 Å². The van der Waals surface area contributed by atoms with Gasteiger partial charge in [0.05, 0.1) is 18.3 Å². The molecule has 0 spiro atoms. The van der Waals surface area contributed by atoms with Crippen LogP contribution in [0.1, 0.15) is 94.2 Å². The molecule has 0 bridgehead atoms. The van der Waals surface area contributed by atoms with E-state index < -0.39 is 0 Å². The van der Waals surface area contributed by atoms with Crippen molar-refractivity contribution < 1.29 is 14.3 Å². The lowest BCUT2D eigenvalue weighted by Crippen LogP contribution is -2.15. The topological polar surface area (TPSA) is 61.3 Å². The fourth-order valence-corrected chi connectivity index (χ4v) is 4.23. The van der Waals surface area contributed by atoms with Crippen molar-refractivity contribution >= 4 is 5.97 Å². The first-order chi connectivity index (χ1) is 18.2. The predicted molar refractivity (Wildman–Crippen MR) is 150 cm³/mol. The molecule has 0 N–H and O–H groups in total. The van der Waals surface area contributed by atoms with Crippen LogP contribution in [0.15, 0.2) is 67.0 Å². The highest BCUT2D eigenvalue weighted by Gasteiger charge is 2.12. The van der Waals surface area contributed by atoms with Crippen molar-refractivity contribution in [3.8, 4) is 16.9 Å². The molecule has 0 saturated carbocycles. The molecule has 0 aliphatic heterocycles. The highest BCUT2D eigenvalue weighted by molar-refractivity contribution is 5.89. The molecule has 5 nitrogen and oxygen atoms in total. The van der Waals surface area contributed by atoms with Crippen molar-refractivity contribution in [3.05, 3.63) is 78.4 Å². The minimum Gasteiger partial charge on any atom is -0.494 e. The summed E-state index contributed by atoms with van der Waals surface area (Å²) in [5, 5.41) is 0. The number of esters is 1. The Morgan fingerprint density at radius 1 is 0.784 bits per heavy atom. The minimum absolute atomic E-state index is 0.150. The number of carbonyl (C=O) groups excluding carboxylic acids is 1. The summed E-state index contributed by atoms with van der Waals surface area (Å²) in [4.78, 5) is 21.2. The maximum absolute atomic E-state index is 12.2. The summed E-state index contributed by atoms with van der Waals surface area (Å²) in [5.74, 6) is 1.43. The van der Waals surface area contributed by atoms with Crippen molar-refractivity contribution in [2.45, 2.75) is 90.6 Å². The standard InChI is InChI=1S/C32H42N2O3/c1-3-4-5-6-7-8-9-13-23-36-30-21-19-27(20-22-30)29-24-33-31(34-25-29)18-14-15-26(2)37-32(35)28-16-11-10-12-17-28/h10-12,16-17,19-22,24-26H,3-9,13-15,18,23H2,1-2H3. The van der Waals surface area contributed by atoms with Gasteiger partial charge in [-0.3, -0.25) is 0 Å². The van der Waals surface area contributed by atoms with Gasteiger partial charge in [0.2, 0.25) is 0 Å². The molecule has 3 aromatic rings. The number of aryl methyl sites for hydroxylation is 1. The summed E-state index contributed by atoms with van der Waals surface area (Å²) in [7, 11) is 0. The van der Waals surface area contributed by atoms with Gasteiger partial charge < -0.3 is 9.47 Å². The molecule has 1 unspecified atom stereocenters. The first kappa shape index (κ1) is 28.4. The van der Waals surface area contributed by atoms with E-state index in [1.807, 2.05) is 49.6 Å². The monoisotopic (exact) mass is 502 g/mol. The summed E-state index contributed by atoms with van der Waals surface area (Å²) < 4.78 is 11.4. The van der Waals surface area contributed by atoms with Crippen LogP contribution in [-0.2, 0) is 11.2 Å². The van der Waals surface area contributed by atoms with E-state index in [1.165, 1.54) is 44.9 Å². The van der Waals surface area contributed by atoms with Crippen molar-refractivity contribution in [1.29, 1.82) is 0 Å². The van der Waals surface area contributed by atoms with Gasteiger partial charge >= 0.3 is 5.97 Å². The molecule has 1 heterocycles. The SMILES string of the molecule is CCCCCCCCCCOc1ccc(-c2cnc(CCCC(C)OC(=O)c3ccccc3)nc2)cc1. The average Bonchev–Trinajstić information content (AvgIpc) is 2.93. The Kier molecular flexibility index (Phi) is 12.7. The normalized spacial score (nSPS) is 11.7. The quantitative estimate of drug-likeness (QED) is 0.137. The summed E-state index contributed by atoms with van der Waals surface area (Å²) >= 11 is 0.